The molecule has 2 amide bonds. The van der Waals surface area contributed by atoms with E-state index in [1.165, 1.54) is 0 Å². The Kier molecular flexibility index (Phi) is 4.23. The smallest absolute Gasteiger partial charge is 0.410 e. The number of piperazine rings is 1. The standard InChI is InChI=1S/C22H22N4O4/c1-14-10-17(18-15(2)24-30-19(18)23-14)20(27)25-8-9-26-21(28)29-13-22(26,12-25)11-16-6-4-3-5-7-16/h3-7,10H,8-9,11-13H2,1-2H3. The number of hydrogen-bond donors (Lipinski definition) is 0. The molecule has 0 saturated carbocycles. The van der Waals surface area contributed by atoms with Crippen LogP contribution in [0.3, 0.4) is 0 Å². The summed E-state index contributed by atoms with van der Waals surface area (Å²) in [5.41, 5.74) is 2.76. The van der Waals surface area contributed by atoms with Gasteiger partial charge in [-0.25, -0.2) is 9.78 Å². The lowest BCUT2D eigenvalue weighted by Crippen LogP contribution is -2.63. The molecule has 5 rings (SSSR count). The molecule has 2 fully saturated rings. The average molecular weight is 406 g/mol. The maximum absolute atomic E-state index is 13.6. The van der Waals surface area contributed by atoms with E-state index in [9.17, 15) is 9.59 Å². The highest BCUT2D eigenvalue weighted by atomic mass is 16.6. The Hall–Kier alpha value is -3.42. The van der Waals surface area contributed by atoms with Gasteiger partial charge in [0.25, 0.3) is 11.6 Å². The van der Waals surface area contributed by atoms with Crippen molar-refractivity contribution >= 4 is 23.1 Å². The fourth-order valence-corrected chi connectivity index (χ4v) is 4.57. The monoisotopic (exact) mass is 406 g/mol. The Morgan fingerprint density at radius 3 is 2.80 bits per heavy atom. The van der Waals surface area contributed by atoms with Gasteiger partial charge in [0.05, 0.1) is 16.6 Å². The maximum atomic E-state index is 13.6. The molecule has 1 atom stereocenters. The topological polar surface area (TPSA) is 88.8 Å². The molecule has 0 bridgehead atoms. The molecule has 8 nitrogen and oxygen atoms in total. The number of carbonyl (C=O) groups is 2. The first-order valence-corrected chi connectivity index (χ1v) is 9.98. The van der Waals surface area contributed by atoms with Crippen LogP contribution < -0.4 is 0 Å². The van der Waals surface area contributed by atoms with Crippen molar-refractivity contribution in [2.45, 2.75) is 25.8 Å². The van der Waals surface area contributed by atoms with Crippen LogP contribution in [0.15, 0.2) is 40.9 Å². The third-order valence-corrected chi connectivity index (χ3v) is 5.97. The van der Waals surface area contributed by atoms with Crippen LogP contribution in [0.4, 0.5) is 4.79 Å². The molecular weight excluding hydrogens is 384 g/mol. The summed E-state index contributed by atoms with van der Waals surface area (Å²) in [5, 5.41) is 4.62. The van der Waals surface area contributed by atoms with Gasteiger partial charge in [-0.3, -0.25) is 9.69 Å². The summed E-state index contributed by atoms with van der Waals surface area (Å²) in [6, 6.07) is 11.8. The number of benzene rings is 1. The summed E-state index contributed by atoms with van der Waals surface area (Å²) < 4.78 is 10.7. The lowest BCUT2D eigenvalue weighted by Gasteiger charge is -2.44. The lowest BCUT2D eigenvalue weighted by molar-refractivity contribution is 0.0377. The van der Waals surface area contributed by atoms with Crippen LogP contribution in [-0.4, -0.2) is 63.7 Å². The van der Waals surface area contributed by atoms with Gasteiger partial charge >= 0.3 is 6.09 Å². The van der Waals surface area contributed by atoms with E-state index < -0.39 is 5.54 Å². The van der Waals surface area contributed by atoms with Crippen LogP contribution in [0.1, 0.15) is 27.3 Å². The van der Waals surface area contributed by atoms with Gasteiger partial charge in [-0.2, -0.15) is 0 Å². The van der Waals surface area contributed by atoms with Gasteiger partial charge in [-0.1, -0.05) is 35.5 Å². The zero-order valence-electron chi connectivity index (χ0n) is 16.9. The second kappa shape index (κ2) is 6.83. The lowest BCUT2D eigenvalue weighted by atomic mass is 9.88. The highest BCUT2D eigenvalue weighted by molar-refractivity contribution is 6.06. The van der Waals surface area contributed by atoms with Crippen LogP contribution >= 0.6 is 0 Å². The Labute approximate surface area is 173 Å². The molecule has 0 spiro atoms. The van der Waals surface area contributed by atoms with E-state index >= 15 is 0 Å². The number of amides is 2. The van der Waals surface area contributed by atoms with Crippen molar-refractivity contribution in [2.75, 3.05) is 26.2 Å². The first-order chi connectivity index (χ1) is 14.5. The number of aromatic nitrogens is 2. The zero-order chi connectivity index (χ0) is 20.9. The van der Waals surface area contributed by atoms with Gasteiger partial charge in [0.15, 0.2) is 0 Å². The molecular formula is C22H22N4O4. The van der Waals surface area contributed by atoms with Crippen molar-refractivity contribution in [3.05, 3.63) is 58.9 Å². The largest absolute Gasteiger partial charge is 0.447 e. The highest BCUT2D eigenvalue weighted by Crippen LogP contribution is 2.33. The van der Waals surface area contributed by atoms with Gasteiger partial charge in [0.1, 0.15) is 12.1 Å². The fourth-order valence-electron chi connectivity index (χ4n) is 4.57. The highest BCUT2D eigenvalue weighted by Gasteiger charge is 2.51. The number of pyridine rings is 1. The number of ether oxygens (including phenoxy) is 1. The van der Waals surface area contributed by atoms with Crippen molar-refractivity contribution in [3.63, 3.8) is 0 Å². The molecule has 3 aromatic rings. The van der Waals surface area contributed by atoms with Gasteiger partial charge in [-0.05, 0) is 25.5 Å². The van der Waals surface area contributed by atoms with E-state index in [1.54, 1.807) is 17.9 Å². The number of hydrogen-bond acceptors (Lipinski definition) is 6. The molecule has 30 heavy (non-hydrogen) atoms. The minimum absolute atomic E-state index is 0.108. The van der Waals surface area contributed by atoms with Crippen molar-refractivity contribution in [1.29, 1.82) is 0 Å². The molecule has 0 N–H and O–H groups in total. The minimum Gasteiger partial charge on any atom is -0.447 e. The number of nitrogens with zero attached hydrogens (tertiary/aromatic N) is 4. The van der Waals surface area contributed by atoms with E-state index in [0.29, 0.717) is 54.1 Å². The second-order valence-corrected chi connectivity index (χ2v) is 8.08. The summed E-state index contributed by atoms with van der Waals surface area (Å²) in [5.74, 6) is -0.108. The summed E-state index contributed by atoms with van der Waals surface area (Å²) in [4.78, 5) is 33.8. The van der Waals surface area contributed by atoms with E-state index in [4.69, 9.17) is 9.26 Å². The maximum Gasteiger partial charge on any atom is 0.410 e. The fraction of sp³-hybridized carbons (Fsp3) is 0.364. The predicted molar refractivity (Wildman–Crippen MR) is 108 cm³/mol. The van der Waals surface area contributed by atoms with Gasteiger partial charge in [0.2, 0.25) is 0 Å². The van der Waals surface area contributed by atoms with Crippen LogP contribution in [0.25, 0.3) is 11.1 Å². The molecule has 2 saturated heterocycles. The zero-order valence-corrected chi connectivity index (χ0v) is 16.9. The molecule has 154 valence electrons. The molecule has 8 heteroatoms. The second-order valence-electron chi connectivity index (χ2n) is 8.08. The normalized spacial score (nSPS) is 21.1. The van der Waals surface area contributed by atoms with Gasteiger partial charge < -0.3 is 14.2 Å². The Morgan fingerprint density at radius 1 is 1.20 bits per heavy atom. The van der Waals surface area contributed by atoms with E-state index in [0.717, 1.165) is 5.56 Å². The molecule has 0 radical (unpaired) electrons. The van der Waals surface area contributed by atoms with E-state index in [1.807, 2.05) is 42.2 Å². The Morgan fingerprint density at radius 2 is 2.00 bits per heavy atom. The van der Waals surface area contributed by atoms with Crippen LogP contribution in [0, 0.1) is 13.8 Å². The van der Waals surface area contributed by atoms with Crippen molar-refractivity contribution in [2.24, 2.45) is 0 Å². The minimum atomic E-state index is -0.572. The van der Waals surface area contributed by atoms with Crippen LogP contribution in [0.5, 0.6) is 0 Å². The third-order valence-electron chi connectivity index (χ3n) is 5.97. The Bertz CT molecular complexity index is 1140. The number of cyclic esters (lactones) is 1. The quantitative estimate of drug-likeness (QED) is 0.665. The third kappa shape index (κ3) is 2.91. The average Bonchev–Trinajstić information content (AvgIpc) is 3.27. The summed E-state index contributed by atoms with van der Waals surface area (Å²) in [6.45, 7) is 5.18. The van der Waals surface area contributed by atoms with Crippen LogP contribution in [-0.2, 0) is 11.2 Å². The van der Waals surface area contributed by atoms with Gasteiger partial charge in [-0.15, -0.1) is 0 Å². The number of rotatable bonds is 3. The van der Waals surface area contributed by atoms with Crippen molar-refractivity contribution in [3.8, 4) is 0 Å². The molecule has 1 aromatic carbocycles. The SMILES string of the molecule is Cc1cc(C(=O)N2CCN3C(=O)OCC3(Cc3ccccc3)C2)c2c(C)noc2n1. The van der Waals surface area contributed by atoms with Crippen molar-refractivity contribution < 1.29 is 18.8 Å². The van der Waals surface area contributed by atoms with Crippen LogP contribution in [0.2, 0.25) is 0 Å². The molecule has 2 aliphatic heterocycles. The predicted octanol–water partition coefficient (Wildman–Crippen LogP) is 2.73. The molecule has 2 aliphatic rings. The first-order valence-electron chi connectivity index (χ1n) is 9.98. The van der Waals surface area contributed by atoms with Gasteiger partial charge in [0, 0.05) is 31.7 Å². The van der Waals surface area contributed by atoms with Crippen molar-refractivity contribution in [1.82, 2.24) is 19.9 Å². The number of aryl methyl sites for hydroxylation is 2. The summed E-state index contributed by atoms with van der Waals surface area (Å²) in [7, 11) is 0. The van der Waals surface area contributed by atoms with E-state index in [2.05, 4.69) is 10.1 Å². The molecule has 2 aromatic heterocycles. The number of carbonyl (C=O) groups excluding carboxylic acids is 2. The first kappa shape index (κ1) is 18.6. The molecule has 0 aliphatic carbocycles. The summed E-state index contributed by atoms with van der Waals surface area (Å²) >= 11 is 0. The Balaban J connectivity index is 1.50. The van der Waals surface area contributed by atoms with E-state index in [-0.39, 0.29) is 18.6 Å². The molecule has 1 unspecified atom stereocenters. The number of fused-ring (bicyclic) bond motifs is 2. The summed E-state index contributed by atoms with van der Waals surface area (Å²) in [6.07, 6.45) is 0.315. The molecule has 4 heterocycles.